The first kappa shape index (κ1) is 22.6. The van der Waals surface area contributed by atoms with Crippen LogP contribution in [0, 0.1) is 0 Å². The van der Waals surface area contributed by atoms with Crippen molar-refractivity contribution in [1.29, 1.82) is 0 Å². The molecule has 1 aliphatic heterocycles. The molecule has 0 spiro atoms. The number of benzene rings is 1. The van der Waals surface area contributed by atoms with Crippen molar-refractivity contribution in [3.05, 3.63) is 58.6 Å². The van der Waals surface area contributed by atoms with E-state index in [-0.39, 0.29) is 12.3 Å². The molecule has 0 unspecified atom stereocenters. The molecular formula is C22H21N3O4S2. The standard InChI is InChI=1S/C22H21N3O4S2/c23-20(28)15-7-4-6-14(12-15)17-9-5-8-16(24-17)13-18-21(29)25(22(30)31-18)11-3-1-2-10-19(26)27/h4-9,12-13H,1-3,10-11H2,(H2,23,28)(H,26,27). The second kappa shape index (κ2) is 10.3. The minimum Gasteiger partial charge on any atom is -0.481 e. The fourth-order valence-corrected chi connectivity index (χ4v) is 4.37. The van der Waals surface area contributed by atoms with Gasteiger partial charge in [-0.15, -0.1) is 0 Å². The van der Waals surface area contributed by atoms with Crippen molar-refractivity contribution in [1.82, 2.24) is 9.88 Å². The Labute approximate surface area is 189 Å². The van der Waals surface area contributed by atoms with Crippen LogP contribution in [0.4, 0.5) is 0 Å². The van der Waals surface area contributed by atoms with Crippen molar-refractivity contribution in [2.75, 3.05) is 6.54 Å². The summed E-state index contributed by atoms with van der Waals surface area (Å²) in [5, 5.41) is 8.69. The third kappa shape index (κ3) is 5.99. The summed E-state index contributed by atoms with van der Waals surface area (Å²) >= 11 is 6.57. The smallest absolute Gasteiger partial charge is 0.303 e. The normalized spacial score (nSPS) is 15.0. The van der Waals surface area contributed by atoms with Gasteiger partial charge in [-0.25, -0.2) is 4.98 Å². The van der Waals surface area contributed by atoms with Gasteiger partial charge < -0.3 is 10.8 Å². The molecule has 0 aliphatic carbocycles. The molecule has 0 atom stereocenters. The van der Waals surface area contributed by atoms with Gasteiger partial charge in [0.1, 0.15) is 4.32 Å². The van der Waals surface area contributed by atoms with Gasteiger partial charge in [-0.2, -0.15) is 0 Å². The van der Waals surface area contributed by atoms with E-state index in [9.17, 15) is 14.4 Å². The number of rotatable bonds is 9. The number of unbranched alkanes of at least 4 members (excludes halogenated alkanes) is 2. The van der Waals surface area contributed by atoms with Crippen LogP contribution in [0.1, 0.15) is 41.7 Å². The SMILES string of the molecule is NC(=O)c1cccc(-c2cccc(C=C3SC(=S)N(CCCCCC(=O)O)C3=O)n2)c1. The fourth-order valence-electron chi connectivity index (χ4n) is 3.07. The molecule has 0 bridgehead atoms. The van der Waals surface area contributed by atoms with Gasteiger partial charge in [-0.05, 0) is 43.2 Å². The number of thiocarbonyl (C=S) groups is 1. The van der Waals surface area contributed by atoms with Gasteiger partial charge in [0.15, 0.2) is 0 Å². The van der Waals surface area contributed by atoms with Crippen LogP contribution in [-0.2, 0) is 9.59 Å². The number of carbonyl (C=O) groups is 3. The van der Waals surface area contributed by atoms with Crippen LogP contribution in [0.2, 0.25) is 0 Å². The largest absolute Gasteiger partial charge is 0.481 e. The third-order valence-electron chi connectivity index (χ3n) is 4.64. The van der Waals surface area contributed by atoms with E-state index < -0.39 is 11.9 Å². The van der Waals surface area contributed by atoms with Crippen LogP contribution in [0.25, 0.3) is 17.3 Å². The van der Waals surface area contributed by atoms with E-state index in [0.29, 0.717) is 45.6 Å². The summed E-state index contributed by atoms with van der Waals surface area (Å²) in [5.41, 5.74) is 7.76. The van der Waals surface area contributed by atoms with Gasteiger partial charge in [0.05, 0.1) is 16.3 Å². The first-order chi connectivity index (χ1) is 14.8. The average molecular weight is 456 g/mol. The highest BCUT2D eigenvalue weighted by Gasteiger charge is 2.31. The molecule has 160 valence electrons. The molecular weight excluding hydrogens is 434 g/mol. The van der Waals surface area contributed by atoms with Gasteiger partial charge in [0, 0.05) is 24.1 Å². The summed E-state index contributed by atoms with van der Waals surface area (Å²) in [6.07, 6.45) is 3.81. The average Bonchev–Trinajstić information content (AvgIpc) is 3.00. The molecule has 2 amide bonds. The number of carbonyl (C=O) groups excluding carboxylic acids is 2. The predicted octanol–water partition coefficient (Wildman–Crippen LogP) is 3.69. The molecule has 1 aliphatic rings. The number of nitrogens with two attached hydrogens (primary N) is 1. The number of hydrogen-bond donors (Lipinski definition) is 2. The highest BCUT2D eigenvalue weighted by atomic mass is 32.2. The predicted molar refractivity (Wildman–Crippen MR) is 124 cm³/mol. The molecule has 7 nitrogen and oxygen atoms in total. The Morgan fingerprint density at radius 1 is 1.16 bits per heavy atom. The van der Waals surface area contributed by atoms with E-state index in [1.54, 1.807) is 35.2 Å². The molecule has 1 saturated heterocycles. The number of hydrogen-bond acceptors (Lipinski definition) is 6. The highest BCUT2D eigenvalue weighted by molar-refractivity contribution is 8.26. The van der Waals surface area contributed by atoms with E-state index >= 15 is 0 Å². The topological polar surface area (TPSA) is 114 Å². The van der Waals surface area contributed by atoms with Crippen molar-refractivity contribution in [2.45, 2.75) is 25.7 Å². The van der Waals surface area contributed by atoms with E-state index in [0.717, 1.165) is 12.0 Å². The molecule has 9 heteroatoms. The number of thioether (sulfide) groups is 1. The maximum absolute atomic E-state index is 12.7. The second-order valence-electron chi connectivity index (χ2n) is 6.93. The Bertz CT molecular complexity index is 1070. The second-order valence-corrected chi connectivity index (χ2v) is 8.61. The van der Waals surface area contributed by atoms with Crippen LogP contribution >= 0.6 is 24.0 Å². The lowest BCUT2D eigenvalue weighted by molar-refractivity contribution is -0.137. The summed E-state index contributed by atoms with van der Waals surface area (Å²) in [7, 11) is 0. The molecule has 1 fully saturated rings. The first-order valence-corrected chi connectivity index (χ1v) is 10.9. The van der Waals surface area contributed by atoms with Crippen LogP contribution in [0.5, 0.6) is 0 Å². The molecule has 1 aromatic carbocycles. The minimum atomic E-state index is -0.815. The van der Waals surface area contributed by atoms with Gasteiger partial charge >= 0.3 is 5.97 Å². The lowest BCUT2D eigenvalue weighted by atomic mass is 10.1. The molecule has 0 saturated carbocycles. The molecule has 31 heavy (non-hydrogen) atoms. The Kier molecular flexibility index (Phi) is 7.54. The fraction of sp³-hybridized carbons (Fsp3) is 0.227. The van der Waals surface area contributed by atoms with E-state index in [4.69, 9.17) is 23.1 Å². The van der Waals surface area contributed by atoms with Gasteiger partial charge in [0.2, 0.25) is 5.91 Å². The Hall–Kier alpha value is -3.04. The Balaban J connectivity index is 1.71. The summed E-state index contributed by atoms with van der Waals surface area (Å²) in [4.78, 5) is 41.4. The molecule has 2 heterocycles. The van der Waals surface area contributed by atoms with Crippen LogP contribution < -0.4 is 5.73 Å². The summed E-state index contributed by atoms with van der Waals surface area (Å²) < 4.78 is 0.486. The summed E-state index contributed by atoms with van der Waals surface area (Å²) in [6, 6.07) is 12.3. The van der Waals surface area contributed by atoms with E-state index in [1.807, 2.05) is 18.2 Å². The Morgan fingerprint density at radius 2 is 1.94 bits per heavy atom. The van der Waals surface area contributed by atoms with Crippen LogP contribution in [0.3, 0.4) is 0 Å². The van der Waals surface area contributed by atoms with Crippen LogP contribution in [-0.4, -0.2) is 43.6 Å². The Morgan fingerprint density at radius 3 is 2.68 bits per heavy atom. The number of nitrogens with zero attached hydrogens (tertiary/aromatic N) is 2. The number of pyridine rings is 1. The number of amides is 2. The number of aromatic nitrogens is 1. The van der Waals surface area contributed by atoms with E-state index in [1.165, 1.54) is 11.8 Å². The number of aliphatic carboxylic acids is 1. The number of carboxylic acid groups (broad SMARTS) is 1. The van der Waals surface area contributed by atoms with E-state index in [2.05, 4.69) is 4.98 Å². The maximum atomic E-state index is 12.7. The zero-order valence-electron chi connectivity index (χ0n) is 16.6. The van der Waals surface area contributed by atoms with Crippen molar-refractivity contribution in [3.63, 3.8) is 0 Å². The van der Waals surface area contributed by atoms with Crippen molar-refractivity contribution < 1.29 is 19.5 Å². The lowest BCUT2D eigenvalue weighted by Crippen LogP contribution is -2.29. The molecule has 0 radical (unpaired) electrons. The number of primary amides is 1. The minimum absolute atomic E-state index is 0.128. The zero-order chi connectivity index (χ0) is 22.4. The van der Waals surface area contributed by atoms with Crippen molar-refractivity contribution in [2.24, 2.45) is 5.73 Å². The van der Waals surface area contributed by atoms with Crippen LogP contribution in [0.15, 0.2) is 47.4 Å². The third-order valence-corrected chi connectivity index (χ3v) is 6.02. The number of carboxylic acids is 1. The van der Waals surface area contributed by atoms with Crippen molar-refractivity contribution >= 4 is 52.2 Å². The molecule has 3 N–H and O–H groups in total. The quantitative estimate of drug-likeness (QED) is 0.337. The molecule has 3 rings (SSSR count). The monoisotopic (exact) mass is 455 g/mol. The highest BCUT2D eigenvalue weighted by Crippen LogP contribution is 2.33. The summed E-state index contributed by atoms with van der Waals surface area (Å²) in [6.45, 7) is 0.467. The molecule has 1 aromatic heterocycles. The van der Waals surface area contributed by atoms with Gasteiger partial charge in [-0.3, -0.25) is 19.3 Å². The van der Waals surface area contributed by atoms with Crippen molar-refractivity contribution in [3.8, 4) is 11.3 Å². The lowest BCUT2D eigenvalue weighted by Gasteiger charge is -2.13. The zero-order valence-corrected chi connectivity index (χ0v) is 18.2. The molecule has 2 aromatic rings. The first-order valence-electron chi connectivity index (χ1n) is 9.69. The maximum Gasteiger partial charge on any atom is 0.303 e. The van der Waals surface area contributed by atoms with Gasteiger partial charge in [-0.1, -0.05) is 48.6 Å². The van der Waals surface area contributed by atoms with Gasteiger partial charge in [0.25, 0.3) is 5.91 Å². The summed E-state index contributed by atoms with van der Waals surface area (Å²) in [5.74, 6) is -1.49.